The van der Waals surface area contributed by atoms with Crippen LogP contribution in [-0.2, 0) is 14.8 Å². The van der Waals surface area contributed by atoms with Crippen LogP contribution in [0.2, 0.25) is 0 Å². The fourth-order valence-electron chi connectivity index (χ4n) is 4.75. The number of sulfonamides is 1. The minimum atomic E-state index is -3.70. The standard InChI is InChI=1S/C21H33N3O3S/c1-15-12-16(2)20(17(3)13-15)28(26,27)24-11-7-9-19(24)21(25)23-10-6-8-18(14-23)22(4)5/h12-13,18-19H,6-11,14H2,1-5H3. The van der Waals surface area contributed by atoms with Crippen molar-refractivity contribution in [1.82, 2.24) is 14.1 Å². The second-order valence-electron chi connectivity index (χ2n) is 8.55. The number of benzene rings is 1. The van der Waals surface area contributed by atoms with Crippen molar-refractivity contribution in [3.8, 4) is 0 Å². The highest BCUT2D eigenvalue weighted by molar-refractivity contribution is 7.89. The summed E-state index contributed by atoms with van der Waals surface area (Å²) >= 11 is 0. The Hall–Kier alpha value is -1.44. The van der Waals surface area contributed by atoms with Gasteiger partial charge in [0, 0.05) is 25.7 Å². The molecule has 0 aromatic heterocycles. The number of carbonyl (C=O) groups is 1. The summed E-state index contributed by atoms with van der Waals surface area (Å²) in [7, 11) is 0.367. The molecular weight excluding hydrogens is 374 g/mol. The minimum absolute atomic E-state index is 0.0324. The maximum atomic E-state index is 13.5. The molecule has 28 heavy (non-hydrogen) atoms. The molecule has 2 atom stereocenters. The highest BCUT2D eigenvalue weighted by Crippen LogP contribution is 2.32. The Balaban J connectivity index is 1.87. The lowest BCUT2D eigenvalue weighted by Gasteiger charge is -2.38. The van der Waals surface area contributed by atoms with Crippen LogP contribution in [-0.4, -0.2) is 74.2 Å². The Labute approximate surface area is 169 Å². The van der Waals surface area contributed by atoms with Gasteiger partial charge in [0.05, 0.1) is 4.90 Å². The number of rotatable bonds is 4. The van der Waals surface area contributed by atoms with Crippen LogP contribution in [0.15, 0.2) is 17.0 Å². The molecule has 2 aliphatic rings. The topological polar surface area (TPSA) is 60.9 Å². The highest BCUT2D eigenvalue weighted by Gasteiger charge is 2.42. The summed E-state index contributed by atoms with van der Waals surface area (Å²) in [5, 5.41) is 0. The van der Waals surface area contributed by atoms with Gasteiger partial charge in [-0.25, -0.2) is 8.42 Å². The molecule has 0 saturated carbocycles. The summed E-state index contributed by atoms with van der Waals surface area (Å²) in [5.41, 5.74) is 2.55. The van der Waals surface area contributed by atoms with Crippen molar-refractivity contribution in [2.45, 2.75) is 63.4 Å². The molecule has 6 nitrogen and oxygen atoms in total. The maximum absolute atomic E-state index is 13.5. The Morgan fingerprint density at radius 2 is 1.64 bits per heavy atom. The first-order valence-corrected chi connectivity index (χ1v) is 11.6. The molecule has 0 N–H and O–H groups in total. The average Bonchev–Trinajstić information content (AvgIpc) is 3.10. The van der Waals surface area contributed by atoms with E-state index < -0.39 is 16.1 Å². The molecule has 0 radical (unpaired) electrons. The molecule has 156 valence electrons. The summed E-state index contributed by atoms with van der Waals surface area (Å²) in [6.45, 7) is 7.46. The van der Waals surface area contributed by atoms with Gasteiger partial charge in [-0.05, 0) is 71.7 Å². The first-order chi connectivity index (χ1) is 13.1. The second-order valence-corrected chi connectivity index (χ2v) is 10.4. The molecule has 2 unspecified atom stereocenters. The Bertz CT molecular complexity index is 827. The zero-order valence-corrected chi connectivity index (χ0v) is 18.6. The van der Waals surface area contributed by atoms with E-state index in [1.165, 1.54) is 4.31 Å². The van der Waals surface area contributed by atoms with Gasteiger partial charge in [-0.3, -0.25) is 4.79 Å². The Morgan fingerprint density at radius 1 is 1.04 bits per heavy atom. The van der Waals surface area contributed by atoms with E-state index in [1.54, 1.807) is 0 Å². The smallest absolute Gasteiger partial charge is 0.244 e. The molecule has 2 aliphatic heterocycles. The molecule has 2 fully saturated rings. The van der Waals surface area contributed by atoms with Gasteiger partial charge in [0.2, 0.25) is 15.9 Å². The third-order valence-corrected chi connectivity index (χ3v) is 8.31. The van der Waals surface area contributed by atoms with Gasteiger partial charge in [0.15, 0.2) is 0 Å². The predicted molar refractivity (Wildman–Crippen MR) is 111 cm³/mol. The SMILES string of the molecule is Cc1cc(C)c(S(=O)(=O)N2CCCC2C(=O)N2CCCC(N(C)C)C2)c(C)c1. The molecule has 1 aromatic carbocycles. The monoisotopic (exact) mass is 407 g/mol. The largest absolute Gasteiger partial charge is 0.340 e. The van der Waals surface area contributed by atoms with Gasteiger partial charge in [0.25, 0.3) is 0 Å². The average molecular weight is 408 g/mol. The number of aryl methyl sites for hydroxylation is 3. The quantitative estimate of drug-likeness (QED) is 0.769. The predicted octanol–water partition coefficient (Wildman–Crippen LogP) is 2.32. The third-order valence-electron chi connectivity index (χ3n) is 6.10. The van der Waals surface area contributed by atoms with Gasteiger partial charge >= 0.3 is 0 Å². The summed E-state index contributed by atoms with van der Waals surface area (Å²) in [5.74, 6) is -0.0324. The van der Waals surface area contributed by atoms with Crippen molar-refractivity contribution in [2.24, 2.45) is 0 Å². The Morgan fingerprint density at radius 3 is 2.25 bits per heavy atom. The summed E-state index contributed by atoms with van der Waals surface area (Å²) < 4.78 is 28.5. The number of likely N-dealkylation sites (tertiary alicyclic amines) is 1. The van der Waals surface area contributed by atoms with E-state index in [2.05, 4.69) is 4.90 Å². The molecule has 0 aliphatic carbocycles. The molecule has 0 bridgehead atoms. The molecule has 2 saturated heterocycles. The molecule has 0 spiro atoms. The normalized spacial score (nSPS) is 24.1. The van der Waals surface area contributed by atoms with Crippen molar-refractivity contribution in [1.29, 1.82) is 0 Å². The van der Waals surface area contributed by atoms with Crippen molar-refractivity contribution in [3.05, 3.63) is 28.8 Å². The molecule has 7 heteroatoms. The first-order valence-electron chi connectivity index (χ1n) is 10.2. The van der Waals surface area contributed by atoms with E-state index in [0.29, 0.717) is 30.4 Å². The number of hydrogen-bond acceptors (Lipinski definition) is 4. The zero-order valence-electron chi connectivity index (χ0n) is 17.7. The molecule has 3 rings (SSSR count). The van der Waals surface area contributed by atoms with Crippen molar-refractivity contribution < 1.29 is 13.2 Å². The summed E-state index contributed by atoms with van der Waals surface area (Å²) in [6, 6.07) is 3.56. The molecule has 1 aromatic rings. The lowest BCUT2D eigenvalue weighted by atomic mass is 10.0. The van der Waals surface area contributed by atoms with E-state index in [0.717, 1.165) is 42.5 Å². The van der Waals surface area contributed by atoms with Crippen LogP contribution >= 0.6 is 0 Å². The zero-order chi connectivity index (χ0) is 20.6. The van der Waals surface area contributed by atoms with Gasteiger partial charge in [-0.1, -0.05) is 17.7 Å². The van der Waals surface area contributed by atoms with Crippen LogP contribution in [0.1, 0.15) is 42.4 Å². The highest BCUT2D eigenvalue weighted by atomic mass is 32.2. The number of amides is 1. The minimum Gasteiger partial charge on any atom is -0.340 e. The molecule has 1 amide bonds. The van der Waals surface area contributed by atoms with Crippen molar-refractivity contribution in [3.63, 3.8) is 0 Å². The van der Waals surface area contributed by atoms with Crippen molar-refractivity contribution in [2.75, 3.05) is 33.7 Å². The first kappa shape index (κ1) is 21.3. The second kappa shape index (κ2) is 8.13. The molecular formula is C21H33N3O3S. The van der Waals surface area contributed by atoms with Gasteiger partial charge in [0.1, 0.15) is 6.04 Å². The van der Waals surface area contributed by atoms with E-state index >= 15 is 0 Å². The van der Waals surface area contributed by atoms with Crippen LogP contribution in [0.25, 0.3) is 0 Å². The van der Waals surface area contributed by atoms with Crippen LogP contribution < -0.4 is 0 Å². The summed E-state index contributed by atoms with van der Waals surface area (Å²) in [4.78, 5) is 17.7. The van der Waals surface area contributed by atoms with Crippen LogP contribution in [0.5, 0.6) is 0 Å². The van der Waals surface area contributed by atoms with Gasteiger partial charge in [-0.15, -0.1) is 0 Å². The van der Waals surface area contributed by atoms with E-state index in [-0.39, 0.29) is 5.91 Å². The molecule has 2 heterocycles. The van der Waals surface area contributed by atoms with E-state index in [9.17, 15) is 13.2 Å². The fraction of sp³-hybridized carbons (Fsp3) is 0.667. The summed E-state index contributed by atoms with van der Waals surface area (Å²) in [6.07, 6.45) is 3.37. The van der Waals surface area contributed by atoms with Crippen LogP contribution in [0, 0.1) is 20.8 Å². The number of carbonyl (C=O) groups excluding carboxylic acids is 1. The lowest BCUT2D eigenvalue weighted by molar-refractivity contribution is -0.136. The van der Waals surface area contributed by atoms with Crippen LogP contribution in [0.3, 0.4) is 0 Å². The number of nitrogens with zero attached hydrogens (tertiary/aromatic N) is 3. The van der Waals surface area contributed by atoms with Gasteiger partial charge in [-0.2, -0.15) is 4.31 Å². The van der Waals surface area contributed by atoms with E-state index in [1.807, 2.05) is 51.9 Å². The van der Waals surface area contributed by atoms with Crippen LogP contribution in [0.4, 0.5) is 0 Å². The Kier molecular flexibility index (Phi) is 6.17. The van der Waals surface area contributed by atoms with E-state index in [4.69, 9.17) is 0 Å². The number of likely N-dealkylation sites (N-methyl/N-ethyl adjacent to an activating group) is 1. The number of piperidine rings is 1. The fourth-order valence-corrected chi connectivity index (χ4v) is 6.82. The lowest BCUT2D eigenvalue weighted by Crippen LogP contribution is -2.53. The third kappa shape index (κ3) is 3.98. The number of hydrogen-bond donors (Lipinski definition) is 0. The van der Waals surface area contributed by atoms with Gasteiger partial charge < -0.3 is 9.80 Å². The van der Waals surface area contributed by atoms with Crippen molar-refractivity contribution >= 4 is 15.9 Å². The maximum Gasteiger partial charge on any atom is 0.244 e.